The Morgan fingerprint density at radius 2 is 2.11 bits per heavy atom. The normalized spacial score (nSPS) is 13.6. The minimum Gasteiger partial charge on any atom is -0.378 e. The van der Waals surface area contributed by atoms with Crippen molar-refractivity contribution in [3.63, 3.8) is 0 Å². The van der Waals surface area contributed by atoms with E-state index in [9.17, 15) is 14.9 Å². The summed E-state index contributed by atoms with van der Waals surface area (Å²) in [5.41, 5.74) is 1.42. The van der Waals surface area contributed by atoms with Crippen molar-refractivity contribution in [1.82, 2.24) is 15.6 Å². The lowest BCUT2D eigenvalue weighted by atomic mass is 10.1. The summed E-state index contributed by atoms with van der Waals surface area (Å²) < 4.78 is 5.28. The number of rotatable bonds is 5. The number of thiocarbonyl (C=S) groups is 1. The fraction of sp³-hybridized carbons (Fsp3) is 0.278. The number of hydrogen-bond acceptors (Lipinski definition) is 7. The number of benzene rings is 1. The van der Waals surface area contributed by atoms with Gasteiger partial charge in [0.15, 0.2) is 5.11 Å². The van der Waals surface area contributed by atoms with Crippen LogP contribution in [-0.4, -0.2) is 47.2 Å². The molecule has 2 aromatic rings. The van der Waals surface area contributed by atoms with E-state index in [1.165, 1.54) is 6.07 Å². The molecule has 0 aliphatic carbocycles. The monoisotopic (exact) mass is 401 g/mol. The van der Waals surface area contributed by atoms with Gasteiger partial charge in [0, 0.05) is 43.7 Å². The van der Waals surface area contributed by atoms with Crippen LogP contribution in [0.15, 0.2) is 42.7 Å². The van der Waals surface area contributed by atoms with Gasteiger partial charge in [-0.1, -0.05) is 6.07 Å². The first-order chi connectivity index (χ1) is 13.5. The van der Waals surface area contributed by atoms with Gasteiger partial charge in [-0.15, -0.1) is 0 Å². The summed E-state index contributed by atoms with van der Waals surface area (Å²) >= 11 is 5.12. The predicted molar refractivity (Wildman–Crippen MR) is 107 cm³/mol. The Kier molecular flexibility index (Phi) is 6.45. The first-order valence-corrected chi connectivity index (χ1v) is 9.04. The molecular weight excluding hydrogens is 382 g/mol. The van der Waals surface area contributed by atoms with Crippen LogP contribution in [-0.2, 0) is 11.3 Å². The highest BCUT2D eigenvalue weighted by Gasteiger charge is 2.23. The summed E-state index contributed by atoms with van der Waals surface area (Å²) in [5.74, 6) is -0.514. The molecule has 0 saturated carbocycles. The van der Waals surface area contributed by atoms with Gasteiger partial charge in [-0.05, 0) is 36.0 Å². The van der Waals surface area contributed by atoms with Crippen LogP contribution in [0.25, 0.3) is 0 Å². The minimum absolute atomic E-state index is 0.121. The number of nitrogens with zero attached hydrogens (tertiary/aromatic N) is 3. The summed E-state index contributed by atoms with van der Waals surface area (Å²) in [6.45, 7) is 2.55. The van der Waals surface area contributed by atoms with Crippen LogP contribution < -0.4 is 15.5 Å². The average Bonchev–Trinajstić information content (AvgIpc) is 2.73. The number of nitrogens with one attached hydrogen (secondary N) is 2. The van der Waals surface area contributed by atoms with Gasteiger partial charge in [-0.25, -0.2) is 0 Å². The Hall–Kier alpha value is -3.11. The maximum atomic E-state index is 12.4. The highest BCUT2D eigenvalue weighted by Crippen LogP contribution is 2.29. The van der Waals surface area contributed by atoms with E-state index in [1.54, 1.807) is 30.6 Å². The third-order valence-electron chi connectivity index (χ3n) is 4.19. The molecular formula is C18H19N5O4S. The number of carbonyl (C=O) groups is 1. The van der Waals surface area contributed by atoms with Crippen molar-refractivity contribution in [2.75, 3.05) is 31.2 Å². The smallest absolute Gasteiger partial charge is 0.293 e. The zero-order valence-electron chi connectivity index (χ0n) is 15.0. The Morgan fingerprint density at radius 1 is 1.32 bits per heavy atom. The highest BCUT2D eigenvalue weighted by atomic mass is 32.1. The zero-order valence-corrected chi connectivity index (χ0v) is 15.8. The largest absolute Gasteiger partial charge is 0.378 e. The first-order valence-electron chi connectivity index (χ1n) is 8.64. The van der Waals surface area contributed by atoms with Crippen LogP contribution >= 0.6 is 12.2 Å². The van der Waals surface area contributed by atoms with E-state index in [2.05, 4.69) is 15.6 Å². The zero-order chi connectivity index (χ0) is 19.9. The number of amides is 1. The topological polar surface area (TPSA) is 110 Å². The Morgan fingerprint density at radius 3 is 2.79 bits per heavy atom. The summed E-state index contributed by atoms with van der Waals surface area (Å²) in [7, 11) is 0. The number of aromatic nitrogens is 1. The van der Waals surface area contributed by atoms with Gasteiger partial charge in [0.05, 0.1) is 18.1 Å². The summed E-state index contributed by atoms with van der Waals surface area (Å²) in [6.07, 6.45) is 3.35. The van der Waals surface area contributed by atoms with E-state index in [0.29, 0.717) is 38.5 Å². The van der Waals surface area contributed by atoms with Gasteiger partial charge >= 0.3 is 0 Å². The van der Waals surface area contributed by atoms with E-state index in [4.69, 9.17) is 17.0 Å². The van der Waals surface area contributed by atoms with Crippen molar-refractivity contribution in [3.05, 3.63) is 64.0 Å². The molecule has 9 nitrogen and oxygen atoms in total. The molecule has 0 unspecified atom stereocenters. The number of carbonyl (C=O) groups excluding carboxylic acids is 1. The third-order valence-corrected chi connectivity index (χ3v) is 4.44. The molecule has 0 radical (unpaired) electrons. The molecule has 0 atom stereocenters. The third kappa shape index (κ3) is 4.99. The standard InChI is InChI=1S/C18H19N5O4S/c24-17(21-18(28)20-12-13-2-1-5-19-11-13)14-3-4-15(16(10-14)23(25)26)22-6-8-27-9-7-22/h1-5,10-11H,6-9,12H2,(H2,20,21,24,28). The van der Waals surface area contributed by atoms with Crippen molar-refractivity contribution < 1.29 is 14.5 Å². The Labute approximate surface area is 166 Å². The number of hydrogen-bond donors (Lipinski definition) is 2. The number of morpholine rings is 1. The lowest BCUT2D eigenvalue weighted by Crippen LogP contribution is -2.39. The van der Waals surface area contributed by atoms with E-state index >= 15 is 0 Å². The summed E-state index contributed by atoms with van der Waals surface area (Å²) in [5, 5.41) is 17.1. The van der Waals surface area contributed by atoms with Crippen molar-refractivity contribution >= 4 is 34.6 Å². The molecule has 1 aromatic heterocycles. The molecule has 0 bridgehead atoms. The van der Waals surface area contributed by atoms with Crippen molar-refractivity contribution in [3.8, 4) is 0 Å². The summed E-state index contributed by atoms with van der Waals surface area (Å²) in [4.78, 5) is 29.3. The fourth-order valence-electron chi connectivity index (χ4n) is 2.79. The SMILES string of the molecule is O=C(NC(=S)NCc1cccnc1)c1ccc(N2CCOCC2)c([N+](=O)[O-])c1. The maximum Gasteiger partial charge on any atom is 0.293 e. The Balaban J connectivity index is 1.66. The molecule has 10 heteroatoms. The fourth-order valence-corrected chi connectivity index (χ4v) is 2.95. The molecule has 0 spiro atoms. The molecule has 1 amide bonds. The van der Waals surface area contributed by atoms with Crippen LogP contribution in [0.3, 0.4) is 0 Å². The number of anilines is 1. The second-order valence-corrected chi connectivity index (χ2v) is 6.47. The van der Waals surface area contributed by atoms with Gasteiger partial charge in [0.2, 0.25) is 0 Å². The quantitative estimate of drug-likeness (QED) is 0.442. The van der Waals surface area contributed by atoms with Crippen molar-refractivity contribution in [2.45, 2.75) is 6.54 Å². The average molecular weight is 401 g/mol. The molecule has 3 rings (SSSR count). The molecule has 1 aliphatic heterocycles. The molecule has 28 heavy (non-hydrogen) atoms. The number of nitro benzene ring substituents is 1. The van der Waals surface area contributed by atoms with Gasteiger partial charge in [-0.2, -0.15) is 0 Å². The molecule has 2 heterocycles. The van der Waals surface area contributed by atoms with Gasteiger partial charge < -0.3 is 15.0 Å². The predicted octanol–water partition coefficient (Wildman–Crippen LogP) is 1.63. The highest BCUT2D eigenvalue weighted by molar-refractivity contribution is 7.80. The van der Waals surface area contributed by atoms with E-state index in [-0.39, 0.29) is 16.4 Å². The number of ether oxygens (including phenoxy) is 1. The lowest BCUT2D eigenvalue weighted by Gasteiger charge is -2.28. The Bertz CT molecular complexity index is 872. The summed E-state index contributed by atoms with van der Waals surface area (Å²) in [6, 6.07) is 8.08. The minimum atomic E-state index is -0.514. The molecule has 146 valence electrons. The van der Waals surface area contributed by atoms with E-state index in [1.807, 2.05) is 11.0 Å². The number of nitro groups is 1. The molecule has 2 N–H and O–H groups in total. The van der Waals surface area contributed by atoms with Crippen LogP contribution in [0, 0.1) is 10.1 Å². The van der Waals surface area contributed by atoms with E-state index in [0.717, 1.165) is 5.56 Å². The number of pyridine rings is 1. The molecule has 1 fully saturated rings. The molecule has 1 aromatic carbocycles. The van der Waals surface area contributed by atoms with Crippen LogP contribution in [0.5, 0.6) is 0 Å². The van der Waals surface area contributed by atoms with E-state index < -0.39 is 10.8 Å². The van der Waals surface area contributed by atoms with Crippen LogP contribution in [0.4, 0.5) is 11.4 Å². The molecule has 1 saturated heterocycles. The van der Waals surface area contributed by atoms with Gasteiger partial charge in [-0.3, -0.25) is 25.2 Å². The lowest BCUT2D eigenvalue weighted by molar-refractivity contribution is -0.384. The second kappa shape index (κ2) is 9.20. The van der Waals surface area contributed by atoms with Gasteiger partial charge in [0.25, 0.3) is 11.6 Å². The second-order valence-electron chi connectivity index (χ2n) is 6.06. The van der Waals surface area contributed by atoms with Crippen molar-refractivity contribution in [2.24, 2.45) is 0 Å². The molecule has 1 aliphatic rings. The van der Waals surface area contributed by atoms with Gasteiger partial charge in [0.1, 0.15) is 5.69 Å². The van der Waals surface area contributed by atoms with Crippen LogP contribution in [0.1, 0.15) is 15.9 Å². The first kappa shape index (κ1) is 19.6. The van der Waals surface area contributed by atoms with Crippen LogP contribution in [0.2, 0.25) is 0 Å². The maximum absolute atomic E-state index is 12.4. The van der Waals surface area contributed by atoms with Crippen molar-refractivity contribution in [1.29, 1.82) is 0 Å².